The molecule has 0 aliphatic heterocycles. The summed E-state index contributed by atoms with van der Waals surface area (Å²) in [5.41, 5.74) is 0.870. The van der Waals surface area contributed by atoms with Crippen molar-refractivity contribution in [1.82, 2.24) is 25.2 Å². The first-order chi connectivity index (χ1) is 7.77. The fourth-order valence-corrected chi connectivity index (χ4v) is 1.27. The van der Waals surface area contributed by atoms with Crippen LogP contribution in [-0.2, 0) is 13.0 Å². The van der Waals surface area contributed by atoms with Crippen LogP contribution in [0.4, 0.5) is 0 Å². The first kappa shape index (κ1) is 10.2. The predicted octanol–water partition coefficient (Wildman–Crippen LogP) is 0.00900. The molecule has 0 atom stereocenters. The molecular formula is C9H9N5O2. The quantitative estimate of drug-likeness (QED) is 0.778. The van der Waals surface area contributed by atoms with E-state index in [0.29, 0.717) is 13.0 Å². The van der Waals surface area contributed by atoms with Crippen LogP contribution in [0.1, 0.15) is 16.3 Å². The summed E-state index contributed by atoms with van der Waals surface area (Å²) in [6, 6.07) is 5.56. The number of aromatic nitrogens is 5. The molecule has 0 unspecified atom stereocenters. The van der Waals surface area contributed by atoms with Gasteiger partial charge in [-0.05, 0) is 22.6 Å². The Morgan fingerprint density at radius 2 is 2.31 bits per heavy atom. The molecule has 0 amide bonds. The average molecular weight is 219 g/mol. The van der Waals surface area contributed by atoms with Crippen molar-refractivity contribution >= 4 is 5.97 Å². The van der Waals surface area contributed by atoms with Gasteiger partial charge in [0.15, 0.2) is 0 Å². The van der Waals surface area contributed by atoms with Crippen LogP contribution in [-0.4, -0.2) is 36.3 Å². The summed E-state index contributed by atoms with van der Waals surface area (Å²) in [6.07, 6.45) is 2.28. The summed E-state index contributed by atoms with van der Waals surface area (Å²) in [4.78, 5) is 14.8. The highest BCUT2D eigenvalue weighted by Gasteiger charge is 2.13. The Kier molecular flexibility index (Phi) is 2.86. The number of aromatic carboxylic acids is 1. The van der Waals surface area contributed by atoms with E-state index in [1.165, 1.54) is 4.68 Å². The van der Waals surface area contributed by atoms with Crippen LogP contribution in [0.25, 0.3) is 0 Å². The van der Waals surface area contributed by atoms with Gasteiger partial charge in [-0.1, -0.05) is 6.07 Å². The molecule has 2 rings (SSSR count). The Hall–Kier alpha value is -2.31. The topological polar surface area (TPSA) is 93.8 Å². The van der Waals surface area contributed by atoms with Crippen molar-refractivity contribution < 1.29 is 9.90 Å². The molecule has 2 heterocycles. The van der Waals surface area contributed by atoms with Crippen molar-refractivity contribution in [1.29, 1.82) is 0 Å². The number of carbonyl (C=O) groups is 1. The third-order valence-corrected chi connectivity index (χ3v) is 2.03. The van der Waals surface area contributed by atoms with Gasteiger partial charge in [0.1, 0.15) is 0 Å². The molecule has 1 N–H and O–H groups in total. The van der Waals surface area contributed by atoms with Gasteiger partial charge in [0, 0.05) is 18.3 Å². The molecule has 7 heteroatoms. The maximum Gasteiger partial charge on any atom is 0.375 e. The molecule has 0 saturated carbocycles. The van der Waals surface area contributed by atoms with E-state index in [1.807, 2.05) is 18.2 Å². The molecule has 0 spiro atoms. The number of carboxylic acids is 1. The van der Waals surface area contributed by atoms with Crippen molar-refractivity contribution in [2.75, 3.05) is 0 Å². The minimum Gasteiger partial charge on any atom is -0.475 e. The maximum absolute atomic E-state index is 10.7. The summed E-state index contributed by atoms with van der Waals surface area (Å²) in [6.45, 7) is 0.394. The molecule has 16 heavy (non-hydrogen) atoms. The molecule has 0 bridgehead atoms. The van der Waals surface area contributed by atoms with Crippen molar-refractivity contribution in [3.8, 4) is 0 Å². The molecule has 0 fully saturated rings. The zero-order chi connectivity index (χ0) is 11.4. The zero-order valence-electron chi connectivity index (χ0n) is 8.32. The summed E-state index contributed by atoms with van der Waals surface area (Å²) < 4.78 is 1.25. The minimum atomic E-state index is -1.13. The molecule has 0 aromatic carbocycles. The Morgan fingerprint density at radius 1 is 1.44 bits per heavy atom. The van der Waals surface area contributed by atoms with Gasteiger partial charge in [-0.2, -0.15) is 0 Å². The Morgan fingerprint density at radius 3 is 3.00 bits per heavy atom. The minimum absolute atomic E-state index is 0.157. The second-order valence-corrected chi connectivity index (χ2v) is 3.10. The van der Waals surface area contributed by atoms with Crippen LogP contribution >= 0.6 is 0 Å². The number of pyridine rings is 1. The van der Waals surface area contributed by atoms with E-state index in [1.54, 1.807) is 6.20 Å². The van der Waals surface area contributed by atoms with Crippen molar-refractivity contribution in [3.63, 3.8) is 0 Å². The number of carboxylic acid groups (broad SMARTS) is 1. The molecule has 0 aliphatic rings. The molecule has 82 valence electrons. The number of nitrogens with zero attached hydrogens (tertiary/aromatic N) is 5. The van der Waals surface area contributed by atoms with Gasteiger partial charge in [-0.25, -0.2) is 9.48 Å². The number of hydrogen-bond donors (Lipinski definition) is 1. The average Bonchev–Trinajstić information content (AvgIpc) is 2.76. The van der Waals surface area contributed by atoms with Gasteiger partial charge in [-0.3, -0.25) is 4.98 Å². The van der Waals surface area contributed by atoms with E-state index in [2.05, 4.69) is 20.5 Å². The van der Waals surface area contributed by atoms with E-state index < -0.39 is 5.97 Å². The first-order valence-corrected chi connectivity index (χ1v) is 4.67. The molecule has 0 aliphatic carbocycles. The summed E-state index contributed by atoms with van der Waals surface area (Å²) >= 11 is 0. The number of rotatable bonds is 4. The molecule has 2 aromatic heterocycles. The van der Waals surface area contributed by atoms with Crippen LogP contribution in [0.2, 0.25) is 0 Å². The SMILES string of the molecule is O=C(O)c1nnnn1CCc1ccccn1. The summed E-state index contributed by atoms with van der Waals surface area (Å²) in [5, 5.41) is 19.1. The lowest BCUT2D eigenvalue weighted by molar-refractivity contribution is 0.0676. The molecule has 7 nitrogen and oxygen atoms in total. The van der Waals surface area contributed by atoms with Gasteiger partial charge in [-0.15, -0.1) is 5.10 Å². The second-order valence-electron chi connectivity index (χ2n) is 3.10. The summed E-state index contributed by atoms with van der Waals surface area (Å²) in [7, 11) is 0. The third-order valence-electron chi connectivity index (χ3n) is 2.03. The lowest BCUT2D eigenvalue weighted by Gasteiger charge is -2.01. The van der Waals surface area contributed by atoms with Gasteiger partial charge < -0.3 is 5.11 Å². The fraction of sp³-hybridized carbons (Fsp3) is 0.222. The van der Waals surface area contributed by atoms with Crippen LogP contribution < -0.4 is 0 Å². The Balaban J connectivity index is 2.05. The highest BCUT2D eigenvalue weighted by Crippen LogP contribution is 1.99. The standard InChI is InChI=1S/C9H9N5O2/c15-9(16)8-11-12-13-14(8)6-4-7-3-1-2-5-10-7/h1-3,5H,4,6H2,(H,15,16). The highest BCUT2D eigenvalue weighted by molar-refractivity contribution is 5.82. The van der Waals surface area contributed by atoms with Crippen molar-refractivity contribution in [2.24, 2.45) is 0 Å². The van der Waals surface area contributed by atoms with Gasteiger partial charge in [0.25, 0.3) is 5.82 Å². The van der Waals surface area contributed by atoms with Crippen LogP contribution in [0.15, 0.2) is 24.4 Å². The first-order valence-electron chi connectivity index (χ1n) is 4.67. The smallest absolute Gasteiger partial charge is 0.375 e. The van der Waals surface area contributed by atoms with E-state index in [-0.39, 0.29) is 5.82 Å². The molecular weight excluding hydrogens is 210 g/mol. The van der Waals surface area contributed by atoms with Crippen LogP contribution in [0.3, 0.4) is 0 Å². The van der Waals surface area contributed by atoms with Crippen LogP contribution in [0, 0.1) is 0 Å². The number of tetrazole rings is 1. The van der Waals surface area contributed by atoms with Gasteiger partial charge in [0.2, 0.25) is 0 Å². The Labute approximate surface area is 90.7 Å². The monoisotopic (exact) mass is 219 g/mol. The van der Waals surface area contributed by atoms with Crippen LogP contribution in [0.5, 0.6) is 0 Å². The normalized spacial score (nSPS) is 10.2. The Bertz CT molecular complexity index is 482. The van der Waals surface area contributed by atoms with E-state index in [4.69, 9.17) is 5.11 Å². The van der Waals surface area contributed by atoms with Crippen molar-refractivity contribution in [2.45, 2.75) is 13.0 Å². The van der Waals surface area contributed by atoms with Gasteiger partial charge in [0.05, 0.1) is 6.54 Å². The van der Waals surface area contributed by atoms with E-state index in [0.717, 1.165) is 5.69 Å². The fourth-order valence-electron chi connectivity index (χ4n) is 1.27. The predicted molar refractivity (Wildman–Crippen MR) is 52.7 cm³/mol. The largest absolute Gasteiger partial charge is 0.475 e. The molecule has 0 saturated heterocycles. The maximum atomic E-state index is 10.7. The van der Waals surface area contributed by atoms with Crippen molar-refractivity contribution in [3.05, 3.63) is 35.9 Å². The summed E-state index contributed by atoms with van der Waals surface area (Å²) in [5.74, 6) is -1.29. The third kappa shape index (κ3) is 2.19. The lowest BCUT2D eigenvalue weighted by atomic mass is 10.3. The molecule has 0 radical (unpaired) electrons. The number of hydrogen-bond acceptors (Lipinski definition) is 5. The highest BCUT2D eigenvalue weighted by atomic mass is 16.4. The zero-order valence-corrected chi connectivity index (χ0v) is 8.32. The lowest BCUT2D eigenvalue weighted by Crippen LogP contribution is -2.13. The van der Waals surface area contributed by atoms with E-state index >= 15 is 0 Å². The molecule has 2 aromatic rings. The number of aryl methyl sites for hydroxylation is 2. The van der Waals surface area contributed by atoms with E-state index in [9.17, 15) is 4.79 Å². The second kappa shape index (κ2) is 4.47. The van der Waals surface area contributed by atoms with Gasteiger partial charge >= 0.3 is 5.97 Å².